The minimum Gasteiger partial charge on any atom is -0.322 e. The van der Waals surface area contributed by atoms with Gasteiger partial charge in [-0.05, 0) is 18.1 Å². The van der Waals surface area contributed by atoms with Crippen LogP contribution in [0.25, 0.3) is 0 Å². The van der Waals surface area contributed by atoms with E-state index in [1.165, 1.54) is 5.56 Å². The van der Waals surface area contributed by atoms with Gasteiger partial charge in [-0.1, -0.05) is 55.1 Å². The highest BCUT2D eigenvalue weighted by atomic mass is 15.4. The Morgan fingerprint density at radius 2 is 1.94 bits per heavy atom. The summed E-state index contributed by atoms with van der Waals surface area (Å²) in [5.74, 6) is 0. The molecule has 16 heavy (non-hydrogen) atoms. The molecule has 0 bridgehead atoms. The van der Waals surface area contributed by atoms with E-state index in [4.69, 9.17) is 0 Å². The maximum absolute atomic E-state index is 3.89. The van der Waals surface area contributed by atoms with Gasteiger partial charge in [-0.3, -0.25) is 0 Å². The number of nitrogens with one attached hydrogen (secondary N) is 2. The van der Waals surface area contributed by atoms with Gasteiger partial charge in [0, 0.05) is 5.70 Å². The summed E-state index contributed by atoms with van der Waals surface area (Å²) in [5.41, 5.74) is 8.52. The third kappa shape index (κ3) is 2.84. The molecule has 2 nitrogen and oxygen atoms in total. The molecule has 0 aromatic heterocycles. The smallest absolute Gasteiger partial charge is 0.0544 e. The van der Waals surface area contributed by atoms with Crippen LogP contribution in [-0.4, -0.2) is 0 Å². The van der Waals surface area contributed by atoms with Gasteiger partial charge in [-0.15, -0.1) is 0 Å². The second-order valence-corrected chi connectivity index (χ2v) is 3.78. The van der Waals surface area contributed by atoms with Crippen molar-refractivity contribution in [1.82, 2.24) is 10.9 Å². The molecule has 1 aliphatic heterocycles. The number of hydrazine groups is 1. The summed E-state index contributed by atoms with van der Waals surface area (Å²) in [6, 6.07) is 10.7. The summed E-state index contributed by atoms with van der Waals surface area (Å²) in [4.78, 5) is 0. The molecule has 0 aliphatic carbocycles. The van der Waals surface area contributed by atoms with Crippen molar-refractivity contribution in [3.63, 3.8) is 0 Å². The van der Waals surface area contributed by atoms with E-state index in [2.05, 4.69) is 53.8 Å². The molecule has 1 aromatic rings. The Bertz CT molecular complexity index is 404. The van der Waals surface area contributed by atoms with Crippen LogP contribution in [0, 0.1) is 0 Å². The number of benzene rings is 1. The SMILES string of the molecule is C=C1/C=C\C=C/CC(c2ccccc2)NN1. The Balaban J connectivity index is 2.13. The first-order valence-electron chi connectivity index (χ1n) is 5.45. The van der Waals surface area contributed by atoms with Gasteiger partial charge in [0.2, 0.25) is 0 Å². The van der Waals surface area contributed by atoms with E-state index in [1.54, 1.807) is 0 Å². The van der Waals surface area contributed by atoms with E-state index >= 15 is 0 Å². The first kappa shape index (κ1) is 10.7. The quantitative estimate of drug-likeness (QED) is 0.748. The second kappa shape index (κ2) is 5.33. The molecule has 0 amide bonds. The zero-order valence-corrected chi connectivity index (χ0v) is 9.19. The lowest BCUT2D eigenvalue weighted by Gasteiger charge is -2.18. The fraction of sp³-hybridized carbons (Fsp3) is 0.143. The Morgan fingerprint density at radius 1 is 1.12 bits per heavy atom. The molecule has 2 rings (SSSR count). The van der Waals surface area contributed by atoms with Crippen molar-refractivity contribution in [2.75, 3.05) is 0 Å². The molecular weight excluding hydrogens is 196 g/mol. The van der Waals surface area contributed by atoms with Crippen LogP contribution >= 0.6 is 0 Å². The van der Waals surface area contributed by atoms with E-state index in [1.807, 2.05) is 18.2 Å². The van der Waals surface area contributed by atoms with Crippen LogP contribution in [0.1, 0.15) is 18.0 Å². The lowest BCUT2D eigenvalue weighted by Crippen LogP contribution is -2.33. The van der Waals surface area contributed by atoms with Crippen LogP contribution in [0.5, 0.6) is 0 Å². The maximum Gasteiger partial charge on any atom is 0.0544 e. The van der Waals surface area contributed by atoms with Crippen LogP contribution in [0.3, 0.4) is 0 Å². The number of rotatable bonds is 1. The van der Waals surface area contributed by atoms with Crippen molar-refractivity contribution in [2.45, 2.75) is 12.5 Å². The summed E-state index contributed by atoms with van der Waals surface area (Å²) in [6.45, 7) is 3.89. The molecule has 2 heteroatoms. The molecule has 0 fully saturated rings. The molecule has 0 saturated carbocycles. The van der Waals surface area contributed by atoms with Crippen molar-refractivity contribution >= 4 is 0 Å². The van der Waals surface area contributed by atoms with Crippen molar-refractivity contribution in [3.8, 4) is 0 Å². The zero-order chi connectivity index (χ0) is 11.2. The van der Waals surface area contributed by atoms with Crippen LogP contribution in [-0.2, 0) is 0 Å². The number of hydrogen-bond acceptors (Lipinski definition) is 2. The van der Waals surface area contributed by atoms with Crippen LogP contribution in [0.4, 0.5) is 0 Å². The summed E-state index contributed by atoms with van der Waals surface area (Å²) >= 11 is 0. The molecule has 0 radical (unpaired) electrons. The third-order valence-corrected chi connectivity index (χ3v) is 2.53. The van der Waals surface area contributed by atoms with Crippen LogP contribution in [0.15, 0.2) is 66.9 Å². The lowest BCUT2D eigenvalue weighted by atomic mass is 10.0. The summed E-state index contributed by atoms with van der Waals surface area (Å²) in [5, 5.41) is 0. The highest BCUT2D eigenvalue weighted by Gasteiger charge is 2.08. The average Bonchev–Trinajstić information content (AvgIpc) is 2.43. The molecule has 2 N–H and O–H groups in total. The standard InChI is InChI=1S/C14H16N2/c1-12-8-4-2-7-11-14(16-15-12)13-9-5-3-6-10-13/h2-10,14-16H,1,11H2/b7-2-,8-4-. The monoisotopic (exact) mass is 212 g/mol. The maximum atomic E-state index is 3.89. The second-order valence-electron chi connectivity index (χ2n) is 3.78. The van der Waals surface area contributed by atoms with E-state index in [9.17, 15) is 0 Å². The topological polar surface area (TPSA) is 24.1 Å². The molecule has 1 aliphatic rings. The van der Waals surface area contributed by atoms with Crippen LogP contribution in [0.2, 0.25) is 0 Å². The minimum absolute atomic E-state index is 0.272. The van der Waals surface area contributed by atoms with E-state index in [-0.39, 0.29) is 6.04 Å². The average molecular weight is 212 g/mol. The zero-order valence-electron chi connectivity index (χ0n) is 9.19. The molecular formula is C14H16N2. The highest BCUT2D eigenvalue weighted by molar-refractivity contribution is 5.23. The van der Waals surface area contributed by atoms with E-state index < -0.39 is 0 Å². The van der Waals surface area contributed by atoms with E-state index in [0.717, 1.165) is 12.1 Å². The van der Waals surface area contributed by atoms with Gasteiger partial charge < -0.3 is 5.43 Å². The normalized spacial score (nSPS) is 24.8. The van der Waals surface area contributed by atoms with Gasteiger partial charge in [0.05, 0.1) is 6.04 Å². The number of hydrogen-bond donors (Lipinski definition) is 2. The van der Waals surface area contributed by atoms with Gasteiger partial charge in [-0.2, -0.15) is 0 Å². The van der Waals surface area contributed by atoms with Crippen molar-refractivity contribution in [1.29, 1.82) is 0 Å². The van der Waals surface area contributed by atoms with Crippen molar-refractivity contribution < 1.29 is 0 Å². The molecule has 1 aromatic carbocycles. The Labute approximate surface area is 96.3 Å². The molecule has 1 heterocycles. The van der Waals surface area contributed by atoms with Gasteiger partial charge in [0.25, 0.3) is 0 Å². The first-order chi connectivity index (χ1) is 7.86. The summed E-state index contributed by atoms with van der Waals surface area (Å²) in [6.07, 6.45) is 9.09. The Morgan fingerprint density at radius 3 is 2.75 bits per heavy atom. The summed E-state index contributed by atoms with van der Waals surface area (Å²) < 4.78 is 0. The molecule has 1 unspecified atom stereocenters. The third-order valence-electron chi connectivity index (χ3n) is 2.53. The number of allylic oxidation sites excluding steroid dienone is 3. The van der Waals surface area contributed by atoms with Crippen molar-refractivity contribution in [3.05, 3.63) is 72.5 Å². The first-order valence-corrected chi connectivity index (χ1v) is 5.45. The predicted octanol–water partition coefficient (Wildman–Crippen LogP) is 2.85. The van der Waals surface area contributed by atoms with Crippen molar-refractivity contribution in [2.24, 2.45) is 0 Å². The van der Waals surface area contributed by atoms with Gasteiger partial charge in [0.1, 0.15) is 0 Å². The fourth-order valence-corrected chi connectivity index (χ4v) is 1.65. The highest BCUT2D eigenvalue weighted by Crippen LogP contribution is 2.16. The fourth-order valence-electron chi connectivity index (χ4n) is 1.65. The lowest BCUT2D eigenvalue weighted by molar-refractivity contribution is 0.487. The van der Waals surface area contributed by atoms with Crippen LogP contribution < -0.4 is 10.9 Å². The minimum atomic E-state index is 0.272. The predicted molar refractivity (Wildman–Crippen MR) is 67.5 cm³/mol. The van der Waals surface area contributed by atoms with Gasteiger partial charge >= 0.3 is 0 Å². The van der Waals surface area contributed by atoms with E-state index in [0.29, 0.717) is 0 Å². The Hall–Kier alpha value is -1.80. The molecule has 0 spiro atoms. The largest absolute Gasteiger partial charge is 0.322 e. The molecule has 1 atom stereocenters. The molecule has 82 valence electrons. The molecule has 0 saturated heterocycles. The summed E-state index contributed by atoms with van der Waals surface area (Å²) in [7, 11) is 0. The van der Waals surface area contributed by atoms with Gasteiger partial charge in [0.15, 0.2) is 0 Å². The Kier molecular flexibility index (Phi) is 3.57. The van der Waals surface area contributed by atoms with Gasteiger partial charge in [-0.25, -0.2) is 5.43 Å².